The Labute approximate surface area is 186 Å². The summed E-state index contributed by atoms with van der Waals surface area (Å²) in [5.74, 6) is 1.57. The first-order valence-corrected chi connectivity index (χ1v) is 12.0. The summed E-state index contributed by atoms with van der Waals surface area (Å²) in [6.45, 7) is 3.71. The summed E-state index contributed by atoms with van der Waals surface area (Å²) in [6, 6.07) is 4.65. The average Bonchev–Trinajstić information content (AvgIpc) is 3.56. The number of rotatable bonds is 6. The van der Waals surface area contributed by atoms with Crippen LogP contribution in [0.2, 0.25) is 0 Å². The van der Waals surface area contributed by atoms with E-state index < -0.39 is 0 Å². The summed E-state index contributed by atoms with van der Waals surface area (Å²) >= 11 is 0. The van der Waals surface area contributed by atoms with Crippen LogP contribution in [0.1, 0.15) is 79.5 Å². The van der Waals surface area contributed by atoms with Crippen molar-refractivity contribution in [3.8, 4) is 11.8 Å². The molecule has 2 atom stereocenters. The highest BCUT2D eigenvalue weighted by atomic mass is 19.1. The number of hydrogen-bond acceptors (Lipinski definition) is 5. The molecule has 2 aliphatic carbocycles. The van der Waals surface area contributed by atoms with Crippen LogP contribution in [0.4, 0.5) is 4.39 Å². The van der Waals surface area contributed by atoms with Crippen molar-refractivity contribution in [3.05, 3.63) is 40.8 Å². The van der Waals surface area contributed by atoms with E-state index in [4.69, 9.17) is 4.52 Å². The van der Waals surface area contributed by atoms with E-state index >= 15 is 0 Å². The summed E-state index contributed by atoms with van der Waals surface area (Å²) in [4.78, 5) is 2.48. The van der Waals surface area contributed by atoms with Crippen LogP contribution >= 0.6 is 0 Å². The molecule has 170 valence electrons. The van der Waals surface area contributed by atoms with Gasteiger partial charge in [-0.1, -0.05) is 5.16 Å². The van der Waals surface area contributed by atoms with Gasteiger partial charge in [-0.15, -0.1) is 0 Å². The Morgan fingerprint density at radius 1 is 0.938 bits per heavy atom. The lowest BCUT2D eigenvalue weighted by atomic mass is 9.91. The van der Waals surface area contributed by atoms with E-state index in [-0.39, 0.29) is 5.82 Å². The Kier molecular flexibility index (Phi) is 4.90. The molecule has 2 aromatic heterocycles. The fourth-order valence-corrected chi connectivity index (χ4v) is 6.42. The van der Waals surface area contributed by atoms with Gasteiger partial charge in [0.2, 0.25) is 0 Å². The van der Waals surface area contributed by atoms with Gasteiger partial charge in [-0.3, -0.25) is 4.57 Å². The van der Waals surface area contributed by atoms with Gasteiger partial charge in [0.25, 0.3) is 0 Å². The molecule has 3 aliphatic rings. The Hall–Kier alpha value is -2.54. The fourth-order valence-electron chi connectivity index (χ4n) is 6.42. The van der Waals surface area contributed by atoms with Crippen molar-refractivity contribution in [1.82, 2.24) is 14.6 Å². The summed E-state index contributed by atoms with van der Waals surface area (Å²) in [5, 5.41) is 26.5. The topological polar surface area (TPSA) is 74.7 Å². The number of halogens is 1. The minimum atomic E-state index is -0.298. The van der Waals surface area contributed by atoms with Crippen LogP contribution in [0.15, 0.2) is 22.7 Å². The number of likely N-dealkylation sites (tertiary alicyclic amines) is 1. The predicted octanol–water partition coefficient (Wildman–Crippen LogP) is 5.20. The third-order valence-corrected chi connectivity index (χ3v) is 8.07. The van der Waals surface area contributed by atoms with Crippen molar-refractivity contribution in [1.29, 1.82) is 0 Å². The molecule has 3 heterocycles. The van der Waals surface area contributed by atoms with Crippen molar-refractivity contribution >= 4 is 11.0 Å². The normalized spacial score (nSPS) is 23.4. The van der Waals surface area contributed by atoms with Crippen molar-refractivity contribution in [3.63, 3.8) is 0 Å². The fraction of sp³-hybridized carbons (Fsp3) is 0.560. The molecule has 7 heteroatoms. The maximum absolute atomic E-state index is 13.4. The van der Waals surface area contributed by atoms with E-state index in [1.165, 1.54) is 12.1 Å². The number of nitrogens with zero attached hydrogens (tertiary/aromatic N) is 3. The molecule has 2 fully saturated rings. The summed E-state index contributed by atoms with van der Waals surface area (Å²) in [5.41, 5.74) is 3.55. The van der Waals surface area contributed by atoms with Crippen molar-refractivity contribution in [2.75, 3.05) is 19.6 Å². The lowest BCUT2D eigenvalue weighted by Crippen LogP contribution is -2.33. The molecule has 1 saturated carbocycles. The quantitative estimate of drug-likeness (QED) is 0.516. The molecular formula is C25H30FN3O3. The molecule has 2 N–H and O–H groups in total. The number of fused-ring (bicyclic) bond motifs is 6. The molecule has 1 saturated heterocycles. The highest BCUT2D eigenvalue weighted by molar-refractivity contribution is 5.79. The standard InChI is InChI=1S/C25H30FN3O3/c26-18-5-6-19-20(14-18)32-27-23(19)15-7-11-28(12-8-15)9-1-2-10-29-24(30)21-16-3-4-17(13-16)22(21)25(29)31/h5-6,14-17,30-31H,1-4,7-13H2. The number of aromatic nitrogens is 2. The van der Waals surface area contributed by atoms with Gasteiger partial charge < -0.3 is 19.6 Å². The van der Waals surface area contributed by atoms with Crippen LogP contribution in [0.5, 0.6) is 11.8 Å². The molecule has 0 radical (unpaired) electrons. The lowest BCUT2D eigenvalue weighted by Gasteiger charge is -2.31. The van der Waals surface area contributed by atoms with Crippen LogP contribution in [-0.4, -0.2) is 44.5 Å². The van der Waals surface area contributed by atoms with Crippen molar-refractivity contribution < 1.29 is 19.1 Å². The van der Waals surface area contributed by atoms with E-state index in [2.05, 4.69) is 10.1 Å². The molecule has 0 spiro atoms. The zero-order chi connectivity index (χ0) is 21.8. The Balaban J connectivity index is 1.01. The third kappa shape index (κ3) is 3.20. The zero-order valence-electron chi connectivity index (χ0n) is 18.3. The molecule has 0 amide bonds. The summed E-state index contributed by atoms with van der Waals surface area (Å²) in [7, 11) is 0. The smallest absolute Gasteiger partial charge is 0.197 e. The first-order chi connectivity index (χ1) is 15.6. The van der Waals surface area contributed by atoms with Gasteiger partial charge in [0.1, 0.15) is 5.82 Å². The third-order valence-electron chi connectivity index (χ3n) is 8.07. The first-order valence-electron chi connectivity index (χ1n) is 12.0. The van der Waals surface area contributed by atoms with Gasteiger partial charge in [0.15, 0.2) is 17.3 Å². The molecule has 2 bridgehead atoms. The molecule has 6 nitrogen and oxygen atoms in total. The summed E-state index contributed by atoms with van der Waals surface area (Å²) < 4.78 is 20.5. The highest BCUT2D eigenvalue weighted by Gasteiger charge is 2.43. The number of piperidine rings is 1. The van der Waals surface area contributed by atoms with Crippen molar-refractivity contribution in [2.24, 2.45) is 0 Å². The first kappa shape index (κ1) is 20.1. The zero-order valence-corrected chi connectivity index (χ0v) is 18.3. The molecular weight excluding hydrogens is 409 g/mol. The van der Waals surface area contributed by atoms with Gasteiger partial charge in [-0.2, -0.15) is 0 Å². The van der Waals surface area contributed by atoms with E-state index in [0.717, 1.165) is 86.8 Å². The molecule has 2 unspecified atom stereocenters. The summed E-state index contributed by atoms with van der Waals surface area (Å²) in [6.07, 6.45) is 7.40. The van der Waals surface area contributed by atoms with Gasteiger partial charge in [-0.25, -0.2) is 4.39 Å². The number of benzene rings is 1. The molecule has 32 heavy (non-hydrogen) atoms. The molecule has 1 aromatic carbocycles. The second-order valence-corrected chi connectivity index (χ2v) is 9.86. The highest BCUT2D eigenvalue weighted by Crippen LogP contribution is 2.59. The largest absolute Gasteiger partial charge is 0.494 e. The predicted molar refractivity (Wildman–Crippen MR) is 119 cm³/mol. The van der Waals surface area contributed by atoms with Gasteiger partial charge >= 0.3 is 0 Å². The van der Waals surface area contributed by atoms with Gasteiger partial charge in [0.05, 0.1) is 5.69 Å². The second-order valence-electron chi connectivity index (χ2n) is 9.86. The van der Waals surface area contributed by atoms with E-state index in [1.807, 2.05) is 0 Å². The van der Waals surface area contributed by atoms with Crippen LogP contribution in [-0.2, 0) is 6.54 Å². The van der Waals surface area contributed by atoms with Crippen molar-refractivity contribution in [2.45, 2.75) is 69.2 Å². The van der Waals surface area contributed by atoms with Gasteiger partial charge in [-0.05, 0) is 88.5 Å². The minimum Gasteiger partial charge on any atom is -0.494 e. The van der Waals surface area contributed by atoms with Crippen LogP contribution in [0.3, 0.4) is 0 Å². The van der Waals surface area contributed by atoms with Crippen LogP contribution in [0.25, 0.3) is 11.0 Å². The molecule has 1 aliphatic heterocycles. The van der Waals surface area contributed by atoms with Crippen LogP contribution < -0.4 is 0 Å². The molecule has 6 rings (SSSR count). The molecule has 3 aromatic rings. The van der Waals surface area contributed by atoms with Crippen LogP contribution in [0, 0.1) is 5.82 Å². The number of hydrogen-bond donors (Lipinski definition) is 2. The van der Waals surface area contributed by atoms with E-state index in [1.54, 1.807) is 10.6 Å². The SMILES string of the molecule is Oc1c2c(c(O)n1CCCCN1CCC(c3noc4cc(F)ccc34)CC1)C1CCC2C1. The van der Waals surface area contributed by atoms with E-state index in [9.17, 15) is 14.6 Å². The van der Waals surface area contributed by atoms with E-state index in [0.29, 0.717) is 41.6 Å². The lowest BCUT2D eigenvalue weighted by molar-refractivity contribution is 0.204. The minimum absolute atomic E-state index is 0.298. The Morgan fingerprint density at radius 3 is 2.34 bits per heavy atom. The second kappa shape index (κ2) is 7.80. The average molecular weight is 440 g/mol. The Morgan fingerprint density at radius 2 is 1.62 bits per heavy atom. The maximum Gasteiger partial charge on any atom is 0.197 e. The number of unbranched alkanes of at least 4 members (excludes halogenated alkanes) is 1. The monoisotopic (exact) mass is 439 g/mol. The Bertz CT molecular complexity index is 1110. The maximum atomic E-state index is 13.4. The van der Waals surface area contributed by atoms with Gasteiger partial charge in [0, 0.05) is 35.0 Å². The number of aromatic hydroxyl groups is 2.